The number of hydrogen-bond donors (Lipinski definition) is 2. The van der Waals surface area contributed by atoms with Crippen molar-refractivity contribution >= 4 is 5.91 Å². The molecule has 3 nitrogen and oxygen atoms in total. The second-order valence-corrected chi connectivity index (χ2v) is 2.74. The van der Waals surface area contributed by atoms with Crippen LogP contribution in [0.15, 0.2) is 0 Å². The van der Waals surface area contributed by atoms with E-state index in [-0.39, 0.29) is 17.9 Å². The van der Waals surface area contributed by atoms with Crippen LogP contribution in [0.25, 0.3) is 0 Å². The average molecular weight is 143 g/mol. The standard InChI is InChI=1S/C7H13NO2/c1-2-6(9)5-3-7(10)8-4-5/h5-6,9H,2-4H2,1H3,(H,8,10)/t5-,6+/m0/s1. The Balaban J connectivity index is 2.36. The third kappa shape index (κ3) is 1.48. The normalized spacial score (nSPS) is 28.2. The van der Waals surface area contributed by atoms with Crippen LogP contribution >= 0.6 is 0 Å². The lowest BCUT2D eigenvalue weighted by molar-refractivity contribution is -0.119. The minimum atomic E-state index is -0.307. The van der Waals surface area contributed by atoms with E-state index in [4.69, 9.17) is 0 Å². The number of hydrogen-bond acceptors (Lipinski definition) is 2. The van der Waals surface area contributed by atoms with E-state index >= 15 is 0 Å². The Morgan fingerprint density at radius 3 is 3.00 bits per heavy atom. The number of aliphatic hydroxyl groups excluding tert-OH is 1. The molecule has 2 atom stereocenters. The minimum Gasteiger partial charge on any atom is -0.393 e. The van der Waals surface area contributed by atoms with Gasteiger partial charge in [0.1, 0.15) is 0 Å². The van der Waals surface area contributed by atoms with Crippen molar-refractivity contribution in [3.63, 3.8) is 0 Å². The van der Waals surface area contributed by atoms with E-state index in [2.05, 4.69) is 5.32 Å². The maximum atomic E-state index is 10.7. The largest absolute Gasteiger partial charge is 0.393 e. The molecule has 1 rings (SSSR count). The van der Waals surface area contributed by atoms with Crippen molar-refractivity contribution in [1.82, 2.24) is 5.32 Å². The maximum absolute atomic E-state index is 10.7. The van der Waals surface area contributed by atoms with Gasteiger partial charge in [-0.25, -0.2) is 0 Å². The monoisotopic (exact) mass is 143 g/mol. The number of nitrogens with one attached hydrogen (secondary N) is 1. The molecular formula is C7H13NO2. The van der Waals surface area contributed by atoms with Crippen LogP contribution in [0.1, 0.15) is 19.8 Å². The first-order valence-electron chi connectivity index (χ1n) is 3.68. The van der Waals surface area contributed by atoms with Gasteiger partial charge in [0.05, 0.1) is 6.10 Å². The van der Waals surface area contributed by atoms with Gasteiger partial charge in [-0.3, -0.25) is 4.79 Å². The molecule has 0 spiro atoms. The Morgan fingerprint density at radius 2 is 2.60 bits per heavy atom. The lowest BCUT2D eigenvalue weighted by Crippen LogP contribution is -2.21. The quantitative estimate of drug-likeness (QED) is 0.566. The zero-order valence-electron chi connectivity index (χ0n) is 6.13. The maximum Gasteiger partial charge on any atom is 0.220 e. The molecule has 0 radical (unpaired) electrons. The first kappa shape index (κ1) is 7.54. The molecule has 10 heavy (non-hydrogen) atoms. The van der Waals surface area contributed by atoms with E-state index in [9.17, 15) is 9.90 Å². The summed E-state index contributed by atoms with van der Waals surface area (Å²) < 4.78 is 0. The van der Waals surface area contributed by atoms with E-state index < -0.39 is 0 Å². The van der Waals surface area contributed by atoms with Gasteiger partial charge >= 0.3 is 0 Å². The van der Waals surface area contributed by atoms with Crippen molar-refractivity contribution in [2.24, 2.45) is 5.92 Å². The SMILES string of the molecule is CC[C@@H](O)[C@@H]1CNC(=O)C1. The Bertz CT molecular complexity index is 136. The Kier molecular flexibility index (Phi) is 2.27. The average Bonchev–Trinajstić information content (AvgIpc) is 2.34. The summed E-state index contributed by atoms with van der Waals surface area (Å²) in [4.78, 5) is 10.7. The van der Waals surface area contributed by atoms with Gasteiger partial charge in [-0.05, 0) is 6.42 Å². The van der Waals surface area contributed by atoms with Crippen LogP contribution in [0.4, 0.5) is 0 Å². The van der Waals surface area contributed by atoms with Gasteiger partial charge in [-0.2, -0.15) is 0 Å². The first-order valence-corrected chi connectivity index (χ1v) is 3.68. The fourth-order valence-corrected chi connectivity index (χ4v) is 1.23. The fourth-order valence-electron chi connectivity index (χ4n) is 1.23. The third-order valence-electron chi connectivity index (χ3n) is 1.97. The van der Waals surface area contributed by atoms with Gasteiger partial charge in [0.2, 0.25) is 5.91 Å². The molecule has 1 amide bonds. The highest BCUT2D eigenvalue weighted by Crippen LogP contribution is 2.15. The fraction of sp³-hybridized carbons (Fsp3) is 0.857. The van der Waals surface area contributed by atoms with Crippen molar-refractivity contribution < 1.29 is 9.90 Å². The molecule has 0 bridgehead atoms. The van der Waals surface area contributed by atoms with Gasteiger partial charge in [0, 0.05) is 18.9 Å². The van der Waals surface area contributed by atoms with Crippen LogP contribution in [0.2, 0.25) is 0 Å². The molecule has 0 saturated carbocycles. The highest BCUT2D eigenvalue weighted by atomic mass is 16.3. The van der Waals surface area contributed by atoms with Crippen molar-refractivity contribution in [3.8, 4) is 0 Å². The molecule has 1 heterocycles. The highest BCUT2D eigenvalue weighted by Gasteiger charge is 2.26. The number of aliphatic hydroxyl groups is 1. The van der Waals surface area contributed by atoms with Crippen LogP contribution in [-0.4, -0.2) is 23.7 Å². The van der Waals surface area contributed by atoms with E-state index in [0.717, 1.165) is 6.42 Å². The Morgan fingerprint density at radius 1 is 1.90 bits per heavy atom. The number of rotatable bonds is 2. The summed E-state index contributed by atoms with van der Waals surface area (Å²) in [6.45, 7) is 2.57. The van der Waals surface area contributed by atoms with E-state index in [1.54, 1.807) is 0 Å². The van der Waals surface area contributed by atoms with Crippen LogP contribution in [-0.2, 0) is 4.79 Å². The van der Waals surface area contributed by atoms with Crippen molar-refractivity contribution in [2.75, 3.05) is 6.54 Å². The molecule has 1 aliphatic rings. The predicted molar refractivity (Wildman–Crippen MR) is 37.4 cm³/mol. The van der Waals surface area contributed by atoms with E-state index in [0.29, 0.717) is 13.0 Å². The summed E-state index contributed by atoms with van der Waals surface area (Å²) >= 11 is 0. The molecule has 1 saturated heterocycles. The molecule has 58 valence electrons. The Hall–Kier alpha value is -0.570. The lowest BCUT2D eigenvalue weighted by atomic mass is 10.00. The molecule has 0 unspecified atom stereocenters. The van der Waals surface area contributed by atoms with Crippen LogP contribution in [0.3, 0.4) is 0 Å². The summed E-state index contributed by atoms with van der Waals surface area (Å²) in [6.07, 6.45) is 0.924. The first-order chi connectivity index (χ1) is 4.74. The number of carbonyl (C=O) groups is 1. The molecule has 0 aromatic carbocycles. The molecule has 1 fully saturated rings. The van der Waals surface area contributed by atoms with Crippen LogP contribution in [0.5, 0.6) is 0 Å². The molecule has 3 heteroatoms. The van der Waals surface area contributed by atoms with Crippen molar-refractivity contribution in [1.29, 1.82) is 0 Å². The van der Waals surface area contributed by atoms with E-state index in [1.807, 2.05) is 6.92 Å². The minimum absolute atomic E-state index is 0.0671. The zero-order chi connectivity index (χ0) is 7.56. The topological polar surface area (TPSA) is 49.3 Å². The summed E-state index contributed by atoms with van der Waals surface area (Å²) in [7, 11) is 0. The number of amides is 1. The second-order valence-electron chi connectivity index (χ2n) is 2.74. The Labute approximate surface area is 60.4 Å². The molecule has 0 aromatic rings. The van der Waals surface area contributed by atoms with Gasteiger partial charge in [-0.1, -0.05) is 6.92 Å². The number of carbonyl (C=O) groups excluding carboxylic acids is 1. The summed E-state index contributed by atoms with van der Waals surface area (Å²) in [5.74, 6) is 0.218. The molecular weight excluding hydrogens is 130 g/mol. The van der Waals surface area contributed by atoms with Crippen LogP contribution in [0, 0.1) is 5.92 Å². The highest BCUT2D eigenvalue weighted by molar-refractivity contribution is 5.78. The summed E-state index contributed by atoms with van der Waals surface area (Å²) in [6, 6.07) is 0. The van der Waals surface area contributed by atoms with E-state index in [1.165, 1.54) is 0 Å². The van der Waals surface area contributed by atoms with Gasteiger partial charge in [0.15, 0.2) is 0 Å². The van der Waals surface area contributed by atoms with Gasteiger partial charge < -0.3 is 10.4 Å². The molecule has 0 aromatic heterocycles. The van der Waals surface area contributed by atoms with Gasteiger partial charge in [0.25, 0.3) is 0 Å². The smallest absolute Gasteiger partial charge is 0.220 e. The lowest BCUT2D eigenvalue weighted by Gasteiger charge is -2.12. The van der Waals surface area contributed by atoms with Gasteiger partial charge in [-0.15, -0.1) is 0 Å². The molecule has 0 aliphatic carbocycles. The third-order valence-corrected chi connectivity index (χ3v) is 1.97. The van der Waals surface area contributed by atoms with Crippen molar-refractivity contribution in [3.05, 3.63) is 0 Å². The second kappa shape index (κ2) is 3.01. The van der Waals surface area contributed by atoms with Crippen molar-refractivity contribution in [2.45, 2.75) is 25.9 Å². The summed E-state index contributed by atoms with van der Waals surface area (Å²) in [5.41, 5.74) is 0. The summed E-state index contributed by atoms with van der Waals surface area (Å²) in [5, 5.41) is 12.0. The zero-order valence-corrected chi connectivity index (χ0v) is 6.13. The molecule has 1 aliphatic heterocycles. The predicted octanol–water partition coefficient (Wildman–Crippen LogP) is -0.107. The van der Waals surface area contributed by atoms with Crippen LogP contribution < -0.4 is 5.32 Å². The molecule has 2 N–H and O–H groups in total.